The summed E-state index contributed by atoms with van der Waals surface area (Å²) in [5.74, 6) is 0.672. The van der Waals surface area contributed by atoms with Crippen LogP contribution < -0.4 is 15.4 Å². The molecule has 1 fully saturated rings. The average molecular weight is 367 g/mol. The lowest BCUT2D eigenvalue weighted by Crippen LogP contribution is -2.48. The Hall–Kier alpha value is -3.02. The first kappa shape index (κ1) is 18.8. The number of nitrogens with one attached hydrogen (secondary N) is 2. The van der Waals surface area contributed by atoms with Crippen LogP contribution in [0, 0.1) is 6.92 Å². The Balaban J connectivity index is 1.38. The molecule has 1 aliphatic heterocycles. The van der Waals surface area contributed by atoms with E-state index in [1.54, 1.807) is 4.90 Å². The van der Waals surface area contributed by atoms with Crippen LogP contribution in [-0.4, -0.2) is 42.6 Å². The molecule has 0 radical (unpaired) electrons. The number of piperidine rings is 1. The number of para-hydroxylation sites is 1. The molecule has 0 atom stereocenters. The molecule has 27 heavy (non-hydrogen) atoms. The van der Waals surface area contributed by atoms with Crippen molar-refractivity contribution in [1.82, 2.24) is 10.2 Å². The lowest BCUT2D eigenvalue weighted by molar-refractivity contribution is -0.134. The molecule has 0 aromatic heterocycles. The van der Waals surface area contributed by atoms with E-state index in [-0.39, 0.29) is 24.6 Å². The molecule has 0 aliphatic carbocycles. The van der Waals surface area contributed by atoms with Crippen molar-refractivity contribution in [3.05, 3.63) is 60.2 Å². The number of carbonyl (C=O) groups excluding carboxylic acids is 2. The molecule has 0 unspecified atom stereocenters. The van der Waals surface area contributed by atoms with Gasteiger partial charge in [0.2, 0.25) is 0 Å². The predicted molar refractivity (Wildman–Crippen MR) is 105 cm³/mol. The van der Waals surface area contributed by atoms with E-state index in [2.05, 4.69) is 10.6 Å². The summed E-state index contributed by atoms with van der Waals surface area (Å²) in [6, 6.07) is 16.8. The summed E-state index contributed by atoms with van der Waals surface area (Å²) in [5.41, 5.74) is 1.91. The topological polar surface area (TPSA) is 70.7 Å². The van der Waals surface area contributed by atoms with Gasteiger partial charge in [0.15, 0.2) is 6.61 Å². The van der Waals surface area contributed by atoms with Crippen molar-refractivity contribution in [2.75, 3.05) is 25.0 Å². The maximum absolute atomic E-state index is 12.3. The average Bonchev–Trinajstić information content (AvgIpc) is 2.68. The molecule has 3 rings (SSSR count). The quantitative estimate of drug-likeness (QED) is 0.853. The van der Waals surface area contributed by atoms with E-state index >= 15 is 0 Å². The van der Waals surface area contributed by atoms with Gasteiger partial charge in [0.05, 0.1) is 0 Å². The maximum atomic E-state index is 12.3. The van der Waals surface area contributed by atoms with E-state index in [9.17, 15) is 9.59 Å². The van der Waals surface area contributed by atoms with Crippen LogP contribution in [0.1, 0.15) is 18.4 Å². The molecule has 3 amide bonds. The second-order valence-corrected chi connectivity index (χ2v) is 6.72. The summed E-state index contributed by atoms with van der Waals surface area (Å²) in [6.07, 6.45) is 1.47. The summed E-state index contributed by atoms with van der Waals surface area (Å²) in [4.78, 5) is 26.2. The first-order valence-corrected chi connectivity index (χ1v) is 9.20. The Morgan fingerprint density at radius 2 is 1.70 bits per heavy atom. The van der Waals surface area contributed by atoms with Gasteiger partial charge in [-0.1, -0.05) is 35.9 Å². The van der Waals surface area contributed by atoms with Crippen LogP contribution in [0.15, 0.2) is 54.6 Å². The van der Waals surface area contributed by atoms with Crippen molar-refractivity contribution >= 4 is 17.6 Å². The SMILES string of the molecule is Cc1ccc(OCC(=O)N2CCC(NC(=O)Nc3ccccc3)CC2)cc1. The Morgan fingerprint density at radius 3 is 2.37 bits per heavy atom. The largest absolute Gasteiger partial charge is 0.484 e. The Labute approximate surface area is 159 Å². The summed E-state index contributed by atoms with van der Waals surface area (Å²) in [7, 11) is 0. The van der Waals surface area contributed by atoms with Gasteiger partial charge in [-0.3, -0.25) is 4.79 Å². The van der Waals surface area contributed by atoms with Crippen LogP contribution in [-0.2, 0) is 4.79 Å². The van der Waals surface area contributed by atoms with Crippen molar-refractivity contribution in [3.63, 3.8) is 0 Å². The number of hydrogen-bond donors (Lipinski definition) is 2. The Bertz CT molecular complexity index is 754. The third kappa shape index (κ3) is 5.74. The number of likely N-dealkylation sites (tertiary alicyclic amines) is 1. The summed E-state index contributed by atoms with van der Waals surface area (Å²) < 4.78 is 5.56. The van der Waals surface area contributed by atoms with Crippen LogP contribution in [0.5, 0.6) is 5.75 Å². The van der Waals surface area contributed by atoms with Gasteiger partial charge in [0.25, 0.3) is 5.91 Å². The molecule has 6 heteroatoms. The first-order chi connectivity index (χ1) is 13.1. The number of nitrogens with zero attached hydrogens (tertiary/aromatic N) is 1. The number of benzene rings is 2. The van der Waals surface area contributed by atoms with Gasteiger partial charge >= 0.3 is 6.03 Å². The van der Waals surface area contributed by atoms with E-state index in [1.165, 1.54) is 0 Å². The minimum atomic E-state index is -0.214. The van der Waals surface area contributed by atoms with Gasteiger partial charge in [-0.2, -0.15) is 0 Å². The van der Waals surface area contributed by atoms with Crippen molar-refractivity contribution in [1.29, 1.82) is 0 Å². The smallest absolute Gasteiger partial charge is 0.319 e. The van der Waals surface area contributed by atoms with E-state index in [4.69, 9.17) is 4.74 Å². The lowest BCUT2D eigenvalue weighted by atomic mass is 10.1. The monoisotopic (exact) mass is 367 g/mol. The number of urea groups is 1. The van der Waals surface area contributed by atoms with Gasteiger partial charge in [0.1, 0.15) is 5.75 Å². The summed E-state index contributed by atoms with van der Waals surface area (Å²) in [5, 5.41) is 5.79. The first-order valence-electron chi connectivity index (χ1n) is 9.20. The standard InChI is InChI=1S/C21H25N3O3/c1-16-7-9-19(10-8-16)27-15-20(25)24-13-11-18(12-14-24)23-21(26)22-17-5-3-2-4-6-17/h2-10,18H,11-15H2,1H3,(H2,22,23,26). The molecular weight excluding hydrogens is 342 g/mol. The molecule has 1 heterocycles. The molecule has 0 saturated carbocycles. The Kier molecular flexibility index (Phi) is 6.30. The van der Waals surface area contributed by atoms with Gasteiger partial charge in [-0.15, -0.1) is 0 Å². The number of amides is 3. The van der Waals surface area contributed by atoms with Crippen LogP contribution in [0.25, 0.3) is 0 Å². The van der Waals surface area contributed by atoms with Crippen molar-refractivity contribution in [3.8, 4) is 5.75 Å². The molecule has 2 aromatic rings. The lowest BCUT2D eigenvalue weighted by Gasteiger charge is -2.32. The number of rotatable bonds is 5. The highest BCUT2D eigenvalue weighted by Crippen LogP contribution is 2.14. The summed E-state index contributed by atoms with van der Waals surface area (Å²) in [6.45, 7) is 3.28. The second-order valence-electron chi connectivity index (χ2n) is 6.72. The normalized spacial score (nSPS) is 14.5. The third-order valence-corrected chi connectivity index (χ3v) is 4.60. The minimum absolute atomic E-state index is 0.0252. The maximum Gasteiger partial charge on any atom is 0.319 e. The fraction of sp³-hybridized carbons (Fsp3) is 0.333. The van der Waals surface area contributed by atoms with Crippen LogP contribution in [0.3, 0.4) is 0 Å². The minimum Gasteiger partial charge on any atom is -0.484 e. The zero-order valence-electron chi connectivity index (χ0n) is 15.5. The number of anilines is 1. The van der Waals surface area contributed by atoms with Crippen LogP contribution in [0.2, 0.25) is 0 Å². The molecule has 0 spiro atoms. The van der Waals surface area contributed by atoms with E-state index in [1.807, 2.05) is 61.5 Å². The molecule has 2 N–H and O–H groups in total. The van der Waals surface area contributed by atoms with Gasteiger partial charge in [-0.05, 0) is 44.0 Å². The number of carbonyl (C=O) groups is 2. The molecule has 1 saturated heterocycles. The highest BCUT2D eigenvalue weighted by Gasteiger charge is 2.24. The highest BCUT2D eigenvalue weighted by atomic mass is 16.5. The van der Waals surface area contributed by atoms with Crippen molar-refractivity contribution < 1.29 is 14.3 Å². The number of aryl methyl sites for hydroxylation is 1. The third-order valence-electron chi connectivity index (χ3n) is 4.60. The predicted octanol–water partition coefficient (Wildman–Crippen LogP) is 3.19. The molecule has 1 aliphatic rings. The van der Waals surface area contributed by atoms with E-state index in [0.717, 1.165) is 24.1 Å². The summed E-state index contributed by atoms with van der Waals surface area (Å²) >= 11 is 0. The van der Waals surface area contributed by atoms with Crippen LogP contribution >= 0.6 is 0 Å². The molecule has 0 bridgehead atoms. The Morgan fingerprint density at radius 1 is 1.04 bits per heavy atom. The van der Waals surface area contributed by atoms with Gasteiger partial charge in [0, 0.05) is 24.8 Å². The van der Waals surface area contributed by atoms with E-state index < -0.39 is 0 Å². The molecule has 6 nitrogen and oxygen atoms in total. The zero-order chi connectivity index (χ0) is 19.1. The van der Waals surface area contributed by atoms with Gasteiger partial charge in [-0.25, -0.2) is 4.79 Å². The highest BCUT2D eigenvalue weighted by molar-refractivity contribution is 5.89. The fourth-order valence-electron chi connectivity index (χ4n) is 3.02. The van der Waals surface area contributed by atoms with Crippen molar-refractivity contribution in [2.24, 2.45) is 0 Å². The van der Waals surface area contributed by atoms with Gasteiger partial charge < -0.3 is 20.3 Å². The molecule has 2 aromatic carbocycles. The zero-order valence-corrected chi connectivity index (χ0v) is 15.5. The number of ether oxygens (including phenoxy) is 1. The molecular formula is C21H25N3O3. The van der Waals surface area contributed by atoms with Crippen molar-refractivity contribution in [2.45, 2.75) is 25.8 Å². The molecule has 142 valence electrons. The van der Waals surface area contributed by atoms with Crippen LogP contribution in [0.4, 0.5) is 10.5 Å². The number of hydrogen-bond acceptors (Lipinski definition) is 3. The second kappa shape index (κ2) is 9.07. The fourth-order valence-corrected chi connectivity index (χ4v) is 3.02. The van der Waals surface area contributed by atoms with E-state index in [0.29, 0.717) is 18.8 Å².